The second-order valence-corrected chi connectivity index (χ2v) is 5.12. The minimum Gasteiger partial charge on any atom is -0.310 e. The number of non-ortho nitro benzene ring substituents is 1. The second kappa shape index (κ2) is 4.84. The maximum atomic E-state index is 10.7. The van der Waals surface area contributed by atoms with E-state index in [1.807, 2.05) is 6.07 Å². The Labute approximate surface area is 101 Å². The molecule has 1 unspecified atom stereocenters. The average Bonchev–Trinajstić information content (AvgIpc) is 2.27. The van der Waals surface area contributed by atoms with Crippen molar-refractivity contribution in [2.75, 3.05) is 0 Å². The van der Waals surface area contributed by atoms with Crippen LogP contribution in [0.2, 0.25) is 0 Å². The number of hydrogen-bond donors (Lipinski definition) is 1. The molecule has 1 aromatic rings. The summed E-state index contributed by atoms with van der Waals surface area (Å²) in [5.41, 5.74) is 2.51. The van der Waals surface area contributed by atoms with Gasteiger partial charge < -0.3 is 5.32 Å². The Hall–Kier alpha value is -1.42. The van der Waals surface area contributed by atoms with Crippen LogP contribution in [0.15, 0.2) is 18.2 Å². The molecule has 0 aliphatic carbocycles. The van der Waals surface area contributed by atoms with Crippen LogP contribution in [0.5, 0.6) is 0 Å². The number of nitro benzene ring substituents is 1. The average molecular weight is 234 g/mol. The molecule has 2 rings (SSSR count). The van der Waals surface area contributed by atoms with Crippen molar-refractivity contribution in [2.45, 2.75) is 39.3 Å². The standard InChI is InChI=1S/C13H18N2O2/c1-9(2)5-12-6-10-3-4-13(15(16)17)7-11(10)8-14-12/h3-4,7,9,12,14H,5-6,8H2,1-2H3. The first-order valence-corrected chi connectivity index (χ1v) is 6.06. The summed E-state index contributed by atoms with van der Waals surface area (Å²) in [5.74, 6) is 0.673. The van der Waals surface area contributed by atoms with Gasteiger partial charge in [0.05, 0.1) is 4.92 Å². The molecule has 1 heterocycles. The smallest absolute Gasteiger partial charge is 0.269 e. The minimum absolute atomic E-state index is 0.188. The second-order valence-electron chi connectivity index (χ2n) is 5.12. The van der Waals surface area contributed by atoms with E-state index >= 15 is 0 Å². The quantitative estimate of drug-likeness (QED) is 0.646. The fourth-order valence-corrected chi connectivity index (χ4v) is 2.42. The van der Waals surface area contributed by atoms with Gasteiger partial charge in [0, 0.05) is 24.7 Å². The van der Waals surface area contributed by atoms with Crippen molar-refractivity contribution in [2.24, 2.45) is 5.92 Å². The normalized spacial score (nSPS) is 19.1. The van der Waals surface area contributed by atoms with Crippen molar-refractivity contribution in [3.8, 4) is 0 Å². The highest BCUT2D eigenvalue weighted by atomic mass is 16.6. The molecule has 0 amide bonds. The van der Waals surface area contributed by atoms with Gasteiger partial charge >= 0.3 is 0 Å². The minimum atomic E-state index is -0.333. The summed E-state index contributed by atoms with van der Waals surface area (Å²) in [6, 6.07) is 5.70. The van der Waals surface area contributed by atoms with Gasteiger partial charge in [-0.05, 0) is 29.9 Å². The molecule has 0 spiro atoms. The van der Waals surface area contributed by atoms with Gasteiger partial charge in [0.1, 0.15) is 0 Å². The van der Waals surface area contributed by atoms with Crippen LogP contribution in [0.1, 0.15) is 31.4 Å². The van der Waals surface area contributed by atoms with Crippen molar-refractivity contribution >= 4 is 5.69 Å². The van der Waals surface area contributed by atoms with Gasteiger partial charge in [0.15, 0.2) is 0 Å². The Kier molecular flexibility index (Phi) is 3.43. The lowest BCUT2D eigenvalue weighted by atomic mass is 9.91. The molecule has 92 valence electrons. The van der Waals surface area contributed by atoms with Crippen LogP contribution < -0.4 is 5.32 Å². The van der Waals surface area contributed by atoms with Gasteiger partial charge in [-0.3, -0.25) is 10.1 Å². The molecule has 1 aromatic carbocycles. The summed E-state index contributed by atoms with van der Waals surface area (Å²) in [6.07, 6.45) is 2.13. The summed E-state index contributed by atoms with van der Waals surface area (Å²) >= 11 is 0. The Morgan fingerprint density at radius 1 is 1.47 bits per heavy atom. The van der Waals surface area contributed by atoms with E-state index in [-0.39, 0.29) is 10.6 Å². The maximum Gasteiger partial charge on any atom is 0.269 e. The molecular weight excluding hydrogens is 216 g/mol. The van der Waals surface area contributed by atoms with E-state index in [0.717, 1.165) is 24.9 Å². The highest BCUT2D eigenvalue weighted by molar-refractivity contribution is 5.41. The van der Waals surface area contributed by atoms with E-state index in [1.54, 1.807) is 12.1 Å². The first-order valence-electron chi connectivity index (χ1n) is 6.06. The number of nitrogens with zero attached hydrogens (tertiary/aromatic N) is 1. The summed E-state index contributed by atoms with van der Waals surface area (Å²) in [5, 5.41) is 14.1. The van der Waals surface area contributed by atoms with E-state index in [4.69, 9.17) is 0 Å². The number of hydrogen-bond acceptors (Lipinski definition) is 3. The van der Waals surface area contributed by atoms with Crippen molar-refractivity contribution in [3.05, 3.63) is 39.4 Å². The van der Waals surface area contributed by atoms with E-state index < -0.39 is 0 Å². The molecule has 4 nitrogen and oxygen atoms in total. The topological polar surface area (TPSA) is 55.2 Å². The molecule has 1 aliphatic rings. The lowest BCUT2D eigenvalue weighted by Crippen LogP contribution is -2.36. The van der Waals surface area contributed by atoms with Crippen LogP contribution in [-0.4, -0.2) is 11.0 Å². The van der Waals surface area contributed by atoms with E-state index in [1.165, 1.54) is 5.56 Å². The summed E-state index contributed by atoms with van der Waals surface area (Å²) in [4.78, 5) is 10.3. The maximum absolute atomic E-state index is 10.7. The van der Waals surface area contributed by atoms with Crippen LogP contribution in [0.25, 0.3) is 0 Å². The van der Waals surface area contributed by atoms with Crippen molar-refractivity contribution in [1.29, 1.82) is 0 Å². The summed E-state index contributed by atoms with van der Waals surface area (Å²) < 4.78 is 0. The van der Waals surface area contributed by atoms with Crippen molar-refractivity contribution < 1.29 is 4.92 Å². The third-order valence-electron chi connectivity index (χ3n) is 3.20. The van der Waals surface area contributed by atoms with Gasteiger partial charge in [-0.15, -0.1) is 0 Å². The van der Waals surface area contributed by atoms with Crippen LogP contribution in [0.4, 0.5) is 5.69 Å². The summed E-state index contributed by atoms with van der Waals surface area (Å²) in [7, 11) is 0. The molecule has 0 fully saturated rings. The van der Waals surface area contributed by atoms with E-state index in [9.17, 15) is 10.1 Å². The molecule has 0 bridgehead atoms. The molecule has 1 aliphatic heterocycles. The molecule has 0 saturated carbocycles. The Morgan fingerprint density at radius 3 is 2.88 bits per heavy atom. The van der Waals surface area contributed by atoms with E-state index in [0.29, 0.717) is 12.0 Å². The first-order chi connectivity index (χ1) is 8.06. The first kappa shape index (κ1) is 12.0. The molecule has 0 radical (unpaired) electrons. The number of nitrogens with one attached hydrogen (secondary N) is 1. The molecule has 1 atom stereocenters. The molecule has 0 saturated heterocycles. The monoisotopic (exact) mass is 234 g/mol. The zero-order valence-corrected chi connectivity index (χ0v) is 10.3. The van der Waals surface area contributed by atoms with Gasteiger partial charge in [-0.25, -0.2) is 0 Å². The SMILES string of the molecule is CC(C)CC1Cc2ccc([N+](=O)[O-])cc2CN1. The molecule has 0 aromatic heterocycles. The van der Waals surface area contributed by atoms with Gasteiger partial charge in [-0.1, -0.05) is 19.9 Å². The highest BCUT2D eigenvalue weighted by Crippen LogP contribution is 2.24. The van der Waals surface area contributed by atoms with Gasteiger partial charge in [-0.2, -0.15) is 0 Å². The number of fused-ring (bicyclic) bond motifs is 1. The fourth-order valence-electron chi connectivity index (χ4n) is 2.42. The van der Waals surface area contributed by atoms with E-state index in [2.05, 4.69) is 19.2 Å². The predicted octanol–water partition coefficient (Wildman–Crippen LogP) is 2.66. The van der Waals surface area contributed by atoms with Gasteiger partial charge in [0.2, 0.25) is 0 Å². The number of rotatable bonds is 3. The predicted molar refractivity (Wildman–Crippen MR) is 66.9 cm³/mol. The molecule has 1 N–H and O–H groups in total. The lowest BCUT2D eigenvalue weighted by molar-refractivity contribution is -0.384. The summed E-state index contributed by atoms with van der Waals surface area (Å²) in [6.45, 7) is 5.18. The van der Waals surface area contributed by atoms with Crippen LogP contribution in [-0.2, 0) is 13.0 Å². The van der Waals surface area contributed by atoms with Crippen molar-refractivity contribution in [1.82, 2.24) is 5.32 Å². The zero-order chi connectivity index (χ0) is 12.4. The highest BCUT2D eigenvalue weighted by Gasteiger charge is 2.20. The third kappa shape index (κ3) is 2.82. The zero-order valence-electron chi connectivity index (χ0n) is 10.3. The Bertz CT molecular complexity index is 429. The Balaban J connectivity index is 2.14. The van der Waals surface area contributed by atoms with Crippen molar-refractivity contribution in [3.63, 3.8) is 0 Å². The molecule has 17 heavy (non-hydrogen) atoms. The molecule has 4 heteroatoms. The lowest BCUT2D eigenvalue weighted by Gasteiger charge is -2.27. The Morgan fingerprint density at radius 2 is 2.24 bits per heavy atom. The number of benzene rings is 1. The van der Waals surface area contributed by atoms with Crippen LogP contribution in [0.3, 0.4) is 0 Å². The number of nitro groups is 1. The molecular formula is C13H18N2O2. The largest absolute Gasteiger partial charge is 0.310 e. The van der Waals surface area contributed by atoms with Gasteiger partial charge in [0.25, 0.3) is 5.69 Å². The van der Waals surface area contributed by atoms with Crippen LogP contribution in [0, 0.1) is 16.0 Å². The third-order valence-corrected chi connectivity index (χ3v) is 3.20. The van der Waals surface area contributed by atoms with Crippen LogP contribution >= 0.6 is 0 Å². The fraction of sp³-hybridized carbons (Fsp3) is 0.538.